The highest BCUT2D eigenvalue weighted by atomic mass is 35.5. The van der Waals surface area contributed by atoms with E-state index in [2.05, 4.69) is 28.8 Å². The van der Waals surface area contributed by atoms with Gasteiger partial charge in [-0.1, -0.05) is 6.07 Å². The number of carbonyl (C=O) groups is 1. The van der Waals surface area contributed by atoms with Crippen molar-refractivity contribution >= 4 is 29.6 Å². The van der Waals surface area contributed by atoms with Crippen LogP contribution in [0, 0.1) is 13.8 Å². The number of anilines is 1. The lowest BCUT2D eigenvalue weighted by Gasteiger charge is -2.20. The number of fused-ring (bicyclic) bond motifs is 2. The Labute approximate surface area is 141 Å². The summed E-state index contributed by atoms with van der Waals surface area (Å²) in [6.45, 7) is 4.13. The number of aryl methyl sites for hydroxylation is 3. The topological polar surface area (TPSA) is 46.4 Å². The van der Waals surface area contributed by atoms with Gasteiger partial charge in [0.1, 0.15) is 5.65 Å². The van der Waals surface area contributed by atoms with Crippen LogP contribution in [0.3, 0.4) is 0 Å². The predicted octanol–water partition coefficient (Wildman–Crippen LogP) is 3.92. The van der Waals surface area contributed by atoms with Crippen molar-refractivity contribution in [2.45, 2.75) is 26.7 Å². The fraction of sp³-hybridized carbons (Fsp3) is 0.222. The molecule has 0 fully saturated rings. The molecule has 1 aliphatic heterocycles. The summed E-state index contributed by atoms with van der Waals surface area (Å²) in [7, 11) is 0. The number of benzene rings is 1. The van der Waals surface area contributed by atoms with E-state index in [1.807, 2.05) is 31.3 Å². The molecule has 3 aromatic rings. The highest BCUT2D eigenvalue weighted by Gasteiger charge is 2.19. The molecule has 118 valence electrons. The lowest BCUT2D eigenvalue weighted by molar-refractivity contribution is -0.116. The molecule has 4 nitrogen and oxygen atoms in total. The van der Waals surface area contributed by atoms with Gasteiger partial charge in [-0.15, -0.1) is 12.4 Å². The molecule has 1 aromatic carbocycles. The Morgan fingerprint density at radius 1 is 1.17 bits per heavy atom. The van der Waals surface area contributed by atoms with Crippen LogP contribution in [0.4, 0.5) is 5.69 Å². The summed E-state index contributed by atoms with van der Waals surface area (Å²) >= 11 is 0. The molecule has 1 aliphatic rings. The Kier molecular flexibility index (Phi) is 3.86. The van der Waals surface area contributed by atoms with Gasteiger partial charge in [0.15, 0.2) is 0 Å². The maximum Gasteiger partial charge on any atom is 0.224 e. The van der Waals surface area contributed by atoms with E-state index in [1.165, 1.54) is 5.56 Å². The molecule has 2 aromatic heterocycles. The van der Waals surface area contributed by atoms with Crippen molar-refractivity contribution in [2.24, 2.45) is 0 Å². The SMILES string of the molecule is Cc1cc(-c2nc3ccccn3c2C)cc2c1NC(=O)CC2.Cl. The second kappa shape index (κ2) is 5.70. The molecular formula is C18H18ClN3O. The normalized spacial score (nSPS) is 13.4. The highest BCUT2D eigenvalue weighted by molar-refractivity contribution is 5.95. The Bertz CT molecular complexity index is 914. The summed E-state index contributed by atoms with van der Waals surface area (Å²) < 4.78 is 2.10. The van der Waals surface area contributed by atoms with Crippen molar-refractivity contribution in [3.63, 3.8) is 0 Å². The summed E-state index contributed by atoms with van der Waals surface area (Å²) in [6.07, 6.45) is 3.38. The van der Waals surface area contributed by atoms with E-state index in [0.29, 0.717) is 6.42 Å². The second-order valence-corrected chi connectivity index (χ2v) is 5.85. The first-order valence-electron chi connectivity index (χ1n) is 7.51. The number of hydrogen-bond donors (Lipinski definition) is 1. The fourth-order valence-corrected chi connectivity index (χ4v) is 3.21. The Morgan fingerprint density at radius 2 is 2.00 bits per heavy atom. The minimum absolute atomic E-state index is 0. The predicted molar refractivity (Wildman–Crippen MR) is 94.3 cm³/mol. The van der Waals surface area contributed by atoms with E-state index in [-0.39, 0.29) is 18.3 Å². The van der Waals surface area contributed by atoms with E-state index in [1.54, 1.807) is 0 Å². The number of carbonyl (C=O) groups excluding carboxylic acids is 1. The van der Waals surface area contributed by atoms with Crippen LogP contribution < -0.4 is 5.32 Å². The molecule has 0 saturated heterocycles. The van der Waals surface area contributed by atoms with Crippen molar-refractivity contribution in [1.82, 2.24) is 9.38 Å². The van der Waals surface area contributed by atoms with Crippen LogP contribution in [-0.4, -0.2) is 15.3 Å². The fourth-order valence-electron chi connectivity index (χ4n) is 3.21. The van der Waals surface area contributed by atoms with Gasteiger partial charge < -0.3 is 9.72 Å². The monoisotopic (exact) mass is 327 g/mol. The molecule has 1 amide bonds. The molecule has 5 heteroatoms. The maximum absolute atomic E-state index is 11.6. The molecule has 3 heterocycles. The number of hydrogen-bond acceptors (Lipinski definition) is 2. The summed E-state index contributed by atoms with van der Waals surface area (Å²) in [5.74, 6) is 0.104. The van der Waals surface area contributed by atoms with Crippen molar-refractivity contribution in [2.75, 3.05) is 5.32 Å². The number of rotatable bonds is 1. The van der Waals surface area contributed by atoms with Crippen LogP contribution in [0.15, 0.2) is 36.5 Å². The zero-order chi connectivity index (χ0) is 15.3. The number of amides is 1. The molecular weight excluding hydrogens is 310 g/mol. The number of imidazole rings is 1. The van der Waals surface area contributed by atoms with Crippen LogP contribution >= 0.6 is 12.4 Å². The number of nitrogens with zero attached hydrogens (tertiary/aromatic N) is 2. The molecule has 0 atom stereocenters. The molecule has 1 N–H and O–H groups in total. The van der Waals surface area contributed by atoms with Gasteiger partial charge in [-0.05, 0) is 55.7 Å². The Balaban J connectivity index is 0.00000156. The van der Waals surface area contributed by atoms with Gasteiger partial charge in [-0.25, -0.2) is 4.98 Å². The molecule has 23 heavy (non-hydrogen) atoms. The molecule has 4 rings (SSSR count). The first kappa shape index (κ1) is 15.6. The largest absolute Gasteiger partial charge is 0.326 e. The van der Waals surface area contributed by atoms with E-state index in [9.17, 15) is 4.79 Å². The molecule has 0 saturated carbocycles. The third-order valence-corrected chi connectivity index (χ3v) is 4.35. The average molecular weight is 328 g/mol. The standard InChI is InChI=1S/C18H17N3O.ClH/c1-11-9-14(10-13-6-7-16(22)20-17(11)13)18-12(2)21-8-4-3-5-15(21)19-18;/h3-5,8-10H,6-7H2,1-2H3,(H,20,22);1H. The third kappa shape index (κ3) is 2.49. The summed E-state index contributed by atoms with van der Waals surface area (Å²) in [5, 5.41) is 2.98. The highest BCUT2D eigenvalue weighted by Crippen LogP contribution is 2.33. The quantitative estimate of drug-likeness (QED) is 0.736. The van der Waals surface area contributed by atoms with Crippen LogP contribution in [0.25, 0.3) is 16.9 Å². The van der Waals surface area contributed by atoms with Crippen LogP contribution in [0.5, 0.6) is 0 Å². The van der Waals surface area contributed by atoms with Gasteiger partial charge in [-0.2, -0.15) is 0 Å². The van der Waals surface area contributed by atoms with Crippen LogP contribution in [0.2, 0.25) is 0 Å². The lowest BCUT2D eigenvalue weighted by Crippen LogP contribution is -2.19. The average Bonchev–Trinajstić information content (AvgIpc) is 2.85. The van der Waals surface area contributed by atoms with E-state index >= 15 is 0 Å². The Hall–Kier alpha value is -2.33. The number of halogens is 1. The van der Waals surface area contributed by atoms with Gasteiger partial charge in [0.25, 0.3) is 0 Å². The molecule has 0 bridgehead atoms. The van der Waals surface area contributed by atoms with E-state index in [4.69, 9.17) is 4.98 Å². The summed E-state index contributed by atoms with van der Waals surface area (Å²) in [4.78, 5) is 16.3. The van der Waals surface area contributed by atoms with Gasteiger partial charge in [0.2, 0.25) is 5.91 Å². The lowest BCUT2D eigenvalue weighted by atomic mass is 9.95. The first-order valence-corrected chi connectivity index (χ1v) is 7.51. The maximum atomic E-state index is 11.6. The minimum Gasteiger partial charge on any atom is -0.326 e. The van der Waals surface area contributed by atoms with Crippen LogP contribution in [-0.2, 0) is 11.2 Å². The van der Waals surface area contributed by atoms with Crippen molar-refractivity contribution in [1.29, 1.82) is 0 Å². The number of nitrogens with one attached hydrogen (secondary N) is 1. The Morgan fingerprint density at radius 3 is 2.78 bits per heavy atom. The van der Waals surface area contributed by atoms with Gasteiger partial charge in [0.05, 0.1) is 5.69 Å². The second-order valence-electron chi connectivity index (χ2n) is 5.85. The van der Waals surface area contributed by atoms with E-state index < -0.39 is 0 Å². The van der Waals surface area contributed by atoms with E-state index in [0.717, 1.165) is 40.3 Å². The van der Waals surface area contributed by atoms with Crippen molar-refractivity contribution in [3.8, 4) is 11.3 Å². The van der Waals surface area contributed by atoms with Crippen molar-refractivity contribution < 1.29 is 4.79 Å². The number of pyridine rings is 1. The number of aromatic nitrogens is 2. The minimum atomic E-state index is 0. The smallest absolute Gasteiger partial charge is 0.224 e. The summed E-state index contributed by atoms with van der Waals surface area (Å²) in [5.41, 5.74) is 7.49. The van der Waals surface area contributed by atoms with Crippen molar-refractivity contribution in [3.05, 3.63) is 53.3 Å². The molecule has 0 unspecified atom stereocenters. The first-order chi connectivity index (χ1) is 10.6. The third-order valence-electron chi connectivity index (χ3n) is 4.35. The zero-order valence-corrected chi connectivity index (χ0v) is 13.9. The van der Waals surface area contributed by atoms with Gasteiger partial charge in [0, 0.05) is 29.6 Å². The van der Waals surface area contributed by atoms with Gasteiger partial charge >= 0.3 is 0 Å². The van der Waals surface area contributed by atoms with Gasteiger partial charge in [-0.3, -0.25) is 4.79 Å². The van der Waals surface area contributed by atoms with Crippen LogP contribution in [0.1, 0.15) is 23.2 Å². The summed E-state index contributed by atoms with van der Waals surface area (Å²) in [6, 6.07) is 10.3. The zero-order valence-electron chi connectivity index (χ0n) is 13.1. The molecule has 0 aliphatic carbocycles. The molecule has 0 radical (unpaired) electrons. The molecule has 0 spiro atoms.